The smallest absolute Gasteiger partial charge is 0.304 e. The van der Waals surface area contributed by atoms with Crippen molar-refractivity contribution in [2.24, 2.45) is 5.73 Å². The third-order valence-corrected chi connectivity index (χ3v) is 3.45. The molecule has 1 aliphatic rings. The number of aliphatic carboxylic acids is 1. The second kappa shape index (κ2) is 4.47. The summed E-state index contributed by atoms with van der Waals surface area (Å²) in [4.78, 5) is 10.8. The molecule has 0 bridgehead atoms. The average molecular weight is 235 g/mol. The summed E-state index contributed by atoms with van der Waals surface area (Å²) >= 11 is 0. The number of carboxylic acid groups (broad SMARTS) is 1. The van der Waals surface area contributed by atoms with Gasteiger partial charge in [0.1, 0.15) is 0 Å². The summed E-state index contributed by atoms with van der Waals surface area (Å²) in [5.41, 5.74) is 7.95. The van der Waals surface area contributed by atoms with Gasteiger partial charge in [-0.1, -0.05) is 29.8 Å². The maximum atomic E-state index is 10.8. The van der Waals surface area contributed by atoms with Gasteiger partial charge in [-0.3, -0.25) is 4.79 Å². The average Bonchev–Trinajstić information content (AvgIpc) is 2.18. The highest BCUT2D eigenvalue weighted by Crippen LogP contribution is 2.36. The third kappa shape index (κ3) is 2.18. The van der Waals surface area contributed by atoms with Crippen LogP contribution in [0, 0.1) is 6.92 Å². The van der Waals surface area contributed by atoms with E-state index in [9.17, 15) is 4.79 Å². The van der Waals surface area contributed by atoms with Gasteiger partial charge in [-0.15, -0.1) is 0 Å². The Morgan fingerprint density at radius 3 is 2.47 bits per heavy atom. The van der Waals surface area contributed by atoms with Gasteiger partial charge in [0.05, 0.1) is 25.0 Å². The molecule has 4 nitrogen and oxygen atoms in total. The fourth-order valence-corrected chi connectivity index (χ4v) is 2.19. The van der Waals surface area contributed by atoms with Gasteiger partial charge in [-0.05, 0) is 12.5 Å². The van der Waals surface area contributed by atoms with E-state index in [0.29, 0.717) is 13.2 Å². The topological polar surface area (TPSA) is 72.6 Å². The molecule has 0 saturated carbocycles. The number of hydrogen-bond donors (Lipinski definition) is 2. The van der Waals surface area contributed by atoms with E-state index < -0.39 is 12.0 Å². The van der Waals surface area contributed by atoms with E-state index in [-0.39, 0.29) is 11.8 Å². The second-order valence-electron chi connectivity index (χ2n) is 4.72. The van der Waals surface area contributed by atoms with Crippen LogP contribution in [0.2, 0.25) is 0 Å². The quantitative estimate of drug-likeness (QED) is 0.818. The van der Waals surface area contributed by atoms with Gasteiger partial charge >= 0.3 is 5.97 Å². The Hall–Kier alpha value is -1.39. The maximum Gasteiger partial charge on any atom is 0.304 e. The largest absolute Gasteiger partial charge is 0.481 e. The fraction of sp³-hybridized carbons (Fsp3) is 0.462. The molecule has 1 fully saturated rings. The number of carbonyl (C=O) groups is 1. The summed E-state index contributed by atoms with van der Waals surface area (Å²) < 4.78 is 5.25. The molecule has 0 aliphatic carbocycles. The first kappa shape index (κ1) is 12.1. The fourth-order valence-electron chi connectivity index (χ4n) is 2.19. The van der Waals surface area contributed by atoms with Gasteiger partial charge in [0.15, 0.2) is 0 Å². The summed E-state index contributed by atoms with van der Waals surface area (Å²) in [5, 5.41) is 8.84. The highest BCUT2D eigenvalue weighted by atomic mass is 16.5. The van der Waals surface area contributed by atoms with Crippen LogP contribution in [-0.4, -0.2) is 30.3 Å². The van der Waals surface area contributed by atoms with Crippen LogP contribution in [0.4, 0.5) is 0 Å². The first-order valence-electron chi connectivity index (χ1n) is 5.67. The third-order valence-electron chi connectivity index (χ3n) is 3.45. The van der Waals surface area contributed by atoms with Crippen LogP contribution in [0.25, 0.3) is 0 Å². The van der Waals surface area contributed by atoms with Crippen LogP contribution >= 0.6 is 0 Å². The summed E-state index contributed by atoms with van der Waals surface area (Å²) in [6.07, 6.45) is -0.0305. The van der Waals surface area contributed by atoms with Crippen molar-refractivity contribution in [3.8, 4) is 0 Å². The molecule has 4 heteroatoms. The normalized spacial score (nSPS) is 19.4. The van der Waals surface area contributed by atoms with Crippen molar-refractivity contribution in [2.45, 2.75) is 24.8 Å². The molecule has 0 radical (unpaired) electrons. The lowest BCUT2D eigenvalue weighted by Gasteiger charge is -2.45. The van der Waals surface area contributed by atoms with E-state index in [4.69, 9.17) is 15.6 Å². The van der Waals surface area contributed by atoms with E-state index in [0.717, 1.165) is 5.56 Å². The SMILES string of the molecule is Cc1ccc(C2(C(N)CC(=O)O)COC2)cc1. The molecule has 92 valence electrons. The van der Waals surface area contributed by atoms with Crippen molar-refractivity contribution >= 4 is 5.97 Å². The van der Waals surface area contributed by atoms with E-state index >= 15 is 0 Å². The van der Waals surface area contributed by atoms with E-state index in [2.05, 4.69) is 0 Å². The van der Waals surface area contributed by atoms with Gasteiger partial charge < -0.3 is 15.6 Å². The summed E-state index contributed by atoms with van der Waals surface area (Å²) in [6, 6.07) is 7.65. The molecular formula is C13H17NO3. The van der Waals surface area contributed by atoms with Crippen molar-refractivity contribution in [1.29, 1.82) is 0 Å². The monoisotopic (exact) mass is 235 g/mol. The number of nitrogens with two attached hydrogens (primary N) is 1. The van der Waals surface area contributed by atoms with Crippen LogP contribution in [-0.2, 0) is 14.9 Å². The van der Waals surface area contributed by atoms with Gasteiger partial charge in [0.25, 0.3) is 0 Å². The van der Waals surface area contributed by atoms with Crippen LogP contribution in [0.15, 0.2) is 24.3 Å². The van der Waals surface area contributed by atoms with E-state index in [1.165, 1.54) is 5.56 Å². The number of carboxylic acids is 1. The van der Waals surface area contributed by atoms with Gasteiger partial charge in [-0.2, -0.15) is 0 Å². The van der Waals surface area contributed by atoms with E-state index in [1.807, 2.05) is 31.2 Å². The minimum atomic E-state index is -0.865. The molecule has 1 atom stereocenters. The van der Waals surface area contributed by atoms with Crippen LogP contribution in [0.5, 0.6) is 0 Å². The lowest BCUT2D eigenvalue weighted by Crippen LogP contribution is -2.59. The van der Waals surface area contributed by atoms with Crippen LogP contribution < -0.4 is 5.73 Å². The summed E-state index contributed by atoms with van der Waals surface area (Å²) in [7, 11) is 0. The maximum absolute atomic E-state index is 10.8. The van der Waals surface area contributed by atoms with Crippen molar-refractivity contribution in [1.82, 2.24) is 0 Å². The molecule has 3 N–H and O–H groups in total. The van der Waals surface area contributed by atoms with Crippen molar-refractivity contribution in [3.63, 3.8) is 0 Å². The lowest BCUT2D eigenvalue weighted by atomic mass is 9.71. The zero-order valence-electron chi connectivity index (χ0n) is 9.85. The molecule has 1 saturated heterocycles. The van der Waals surface area contributed by atoms with Crippen molar-refractivity contribution in [3.05, 3.63) is 35.4 Å². The van der Waals surface area contributed by atoms with Crippen LogP contribution in [0.1, 0.15) is 17.5 Å². The number of hydrogen-bond acceptors (Lipinski definition) is 3. The van der Waals surface area contributed by atoms with Crippen molar-refractivity contribution < 1.29 is 14.6 Å². The molecule has 1 aliphatic heterocycles. The highest BCUT2D eigenvalue weighted by molar-refractivity contribution is 5.68. The molecule has 2 rings (SSSR count). The zero-order valence-corrected chi connectivity index (χ0v) is 9.85. The number of benzene rings is 1. The first-order chi connectivity index (χ1) is 8.04. The molecule has 1 aromatic rings. The van der Waals surface area contributed by atoms with Gasteiger partial charge in [-0.25, -0.2) is 0 Å². The van der Waals surface area contributed by atoms with Gasteiger partial charge in [0.2, 0.25) is 0 Å². The van der Waals surface area contributed by atoms with Gasteiger partial charge in [0, 0.05) is 6.04 Å². The standard InChI is InChI=1S/C13H17NO3/c1-9-2-4-10(5-3-9)13(7-17-8-13)11(14)6-12(15)16/h2-5,11H,6-8,14H2,1H3,(H,15,16). The molecule has 0 aromatic heterocycles. The molecule has 17 heavy (non-hydrogen) atoms. The predicted octanol–water partition coefficient (Wildman–Crippen LogP) is 1.07. The minimum Gasteiger partial charge on any atom is -0.481 e. The molecule has 1 unspecified atom stereocenters. The Kier molecular flexibility index (Phi) is 3.17. The number of rotatable bonds is 4. The number of aryl methyl sites for hydroxylation is 1. The molecule has 1 heterocycles. The molecule has 1 aromatic carbocycles. The zero-order chi connectivity index (χ0) is 12.5. The predicted molar refractivity (Wildman–Crippen MR) is 63.9 cm³/mol. The van der Waals surface area contributed by atoms with Crippen LogP contribution in [0.3, 0.4) is 0 Å². The minimum absolute atomic E-state index is 0.0305. The lowest BCUT2D eigenvalue weighted by molar-refractivity contribution is -0.140. The second-order valence-corrected chi connectivity index (χ2v) is 4.72. The number of ether oxygens (including phenoxy) is 1. The Balaban J connectivity index is 2.24. The molecular weight excluding hydrogens is 218 g/mol. The highest BCUT2D eigenvalue weighted by Gasteiger charge is 2.46. The Morgan fingerprint density at radius 2 is 2.06 bits per heavy atom. The summed E-state index contributed by atoms with van der Waals surface area (Å²) in [6.45, 7) is 3.03. The molecule has 0 spiro atoms. The molecule has 0 amide bonds. The van der Waals surface area contributed by atoms with E-state index in [1.54, 1.807) is 0 Å². The first-order valence-corrected chi connectivity index (χ1v) is 5.67. The Bertz CT molecular complexity index is 409. The Labute approximate surface area is 100 Å². The summed E-state index contributed by atoms with van der Waals surface area (Å²) in [5.74, 6) is -0.865. The van der Waals surface area contributed by atoms with Crippen molar-refractivity contribution in [2.75, 3.05) is 13.2 Å². The Morgan fingerprint density at radius 1 is 1.47 bits per heavy atom.